The molecule has 7 nitrogen and oxygen atoms in total. The van der Waals surface area contributed by atoms with Crippen LogP contribution in [0, 0.1) is 0 Å². The largest absolute Gasteiger partial charge is 0.491 e. The van der Waals surface area contributed by atoms with Gasteiger partial charge in [-0.3, -0.25) is 9.78 Å². The van der Waals surface area contributed by atoms with Crippen molar-refractivity contribution in [2.45, 2.75) is 13.3 Å². The van der Waals surface area contributed by atoms with Crippen LogP contribution in [-0.4, -0.2) is 59.5 Å². The first-order valence-corrected chi connectivity index (χ1v) is 9.06. The van der Waals surface area contributed by atoms with Gasteiger partial charge in [0.1, 0.15) is 5.75 Å². The minimum absolute atomic E-state index is 0.0432. The molecule has 27 heavy (non-hydrogen) atoms. The highest BCUT2D eigenvalue weighted by atomic mass is 16.5. The zero-order valence-electron chi connectivity index (χ0n) is 15.4. The summed E-state index contributed by atoms with van der Waals surface area (Å²) in [5.41, 5.74) is 1.60. The lowest BCUT2D eigenvalue weighted by Crippen LogP contribution is -2.51. The number of carbonyl (C=O) groups is 2. The van der Waals surface area contributed by atoms with Gasteiger partial charge in [0, 0.05) is 51.4 Å². The van der Waals surface area contributed by atoms with E-state index in [9.17, 15) is 9.59 Å². The second-order valence-electron chi connectivity index (χ2n) is 6.34. The summed E-state index contributed by atoms with van der Waals surface area (Å²) in [7, 11) is 0. The number of nitrogens with zero attached hydrogens (tertiary/aromatic N) is 3. The molecule has 1 aromatic carbocycles. The summed E-state index contributed by atoms with van der Waals surface area (Å²) in [4.78, 5) is 31.7. The maximum atomic E-state index is 12.5. The molecule has 3 rings (SSSR count). The summed E-state index contributed by atoms with van der Waals surface area (Å²) in [5.74, 6) is 0.672. The van der Waals surface area contributed by atoms with E-state index >= 15 is 0 Å². The number of nitrogens with one attached hydrogen (secondary N) is 1. The molecule has 1 saturated heterocycles. The molecular weight excluding hydrogens is 344 g/mol. The number of hydrogen-bond donors (Lipinski definition) is 1. The van der Waals surface area contributed by atoms with Gasteiger partial charge in [-0.1, -0.05) is 18.2 Å². The molecule has 0 unspecified atom stereocenters. The predicted octanol–water partition coefficient (Wildman–Crippen LogP) is 2.40. The Balaban J connectivity index is 1.54. The van der Waals surface area contributed by atoms with Gasteiger partial charge in [0.15, 0.2) is 0 Å². The van der Waals surface area contributed by atoms with Crippen molar-refractivity contribution in [2.75, 3.05) is 38.1 Å². The molecule has 1 N–H and O–H groups in total. The van der Waals surface area contributed by atoms with Gasteiger partial charge in [0.2, 0.25) is 5.91 Å². The fraction of sp³-hybridized carbons (Fsp3) is 0.350. The van der Waals surface area contributed by atoms with Crippen LogP contribution in [0.5, 0.6) is 5.75 Å². The van der Waals surface area contributed by atoms with Gasteiger partial charge in [-0.25, -0.2) is 4.79 Å². The van der Waals surface area contributed by atoms with E-state index in [0.717, 1.165) is 5.69 Å². The van der Waals surface area contributed by atoms with Gasteiger partial charge in [-0.05, 0) is 24.3 Å². The SMILES string of the molecule is CC(=O)N1CCN(C(=O)Nc2ccccc2OCCc2ccccn2)CC1. The molecule has 0 aliphatic carbocycles. The van der Waals surface area contributed by atoms with E-state index in [-0.39, 0.29) is 11.9 Å². The summed E-state index contributed by atoms with van der Waals surface area (Å²) in [6.45, 7) is 4.19. The van der Waals surface area contributed by atoms with E-state index in [2.05, 4.69) is 10.3 Å². The quantitative estimate of drug-likeness (QED) is 0.879. The molecule has 2 aromatic rings. The van der Waals surface area contributed by atoms with E-state index < -0.39 is 0 Å². The zero-order valence-corrected chi connectivity index (χ0v) is 15.4. The third-order valence-electron chi connectivity index (χ3n) is 4.48. The molecule has 1 aliphatic heterocycles. The van der Waals surface area contributed by atoms with E-state index in [0.29, 0.717) is 50.6 Å². The second kappa shape index (κ2) is 9.02. The number of ether oxygens (including phenoxy) is 1. The molecule has 1 aromatic heterocycles. The number of aromatic nitrogens is 1. The number of hydrogen-bond acceptors (Lipinski definition) is 4. The minimum Gasteiger partial charge on any atom is -0.491 e. The standard InChI is InChI=1S/C20H24N4O3/c1-16(25)23-11-13-24(14-12-23)20(26)22-18-7-2-3-8-19(18)27-15-9-17-6-4-5-10-21-17/h2-8,10H,9,11-15H2,1H3,(H,22,26). The van der Waals surface area contributed by atoms with Gasteiger partial charge < -0.3 is 19.9 Å². The molecule has 0 bridgehead atoms. The fourth-order valence-electron chi connectivity index (χ4n) is 2.93. The van der Waals surface area contributed by atoms with Crippen LogP contribution < -0.4 is 10.1 Å². The van der Waals surface area contributed by atoms with Crippen LogP contribution in [0.3, 0.4) is 0 Å². The van der Waals surface area contributed by atoms with E-state index in [1.54, 1.807) is 22.9 Å². The third kappa shape index (κ3) is 5.20. The fourth-order valence-corrected chi connectivity index (χ4v) is 2.93. The van der Waals surface area contributed by atoms with Crippen LogP contribution >= 0.6 is 0 Å². The molecule has 0 saturated carbocycles. The Kier molecular flexibility index (Phi) is 6.25. The van der Waals surface area contributed by atoms with E-state index in [4.69, 9.17) is 4.74 Å². The molecule has 3 amide bonds. The predicted molar refractivity (Wildman–Crippen MR) is 103 cm³/mol. The number of urea groups is 1. The van der Waals surface area contributed by atoms with Crippen molar-refractivity contribution in [2.24, 2.45) is 0 Å². The van der Waals surface area contributed by atoms with E-state index in [1.165, 1.54) is 0 Å². The van der Waals surface area contributed by atoms with Crippen LogP contribution in [-0.2, 0) is 11.2 Å². The Labute approximate surface area is 158 Å². The molecule has 0 spiro atoms. The van der Waals surface area contributed by atoms with Gasteiger partial charge in [0.25, 0.3) is 0 Å². The third-order valence-corrected chi connectivity index (χ3v) is 4.48. The van der Waals surface area contributed by atoms with Crippen molar-refractivity contribution in [3.8, 4) is 5.75 Å². The number of rotatable bonds is 5. The first kappa shape index (κ1) is 18.7. The van der Waals surface area contributed by atoms with Crippen molar-refractivity contribution in [1.29, 1.82) is 0 Å². The highest BCUT2D eigenvalue weighted by Gasteiger charge is 2.22. The van der Waals surface area contributed by atoms with Gasteiger partial charge in [-0.15, -0.1) is 0 Å². The average molecular weight is 368 g/mol. The van der Waals surface area contributed by atoms with Gasteiger partial charge in [0.05, 0.1) is 12.3 Å². The van der Waals surface area contributed by atoms with Crippen LogP contribution in [0.1, 0.15) is 12.6 Å². The molecule has 1 fully saturated rings. The number of pyridine rings is 1. The molecular formula is C20H24N4O3. The highest BCUT2D eigenvalue weighted by molar-refractivity contribution is 5.91. The summed E-state index contributed by atoms with van der Waals surface area (Å²) in [6.07, 6.45) is 2.45. The molecule has 142 valence electrons. The number of amides is 3. The molecule has 1 aliphatic rings. The smallest absolute Gasteiger partial charge is 0.322 e. The first-order valence-electron chi connectivity index (χ1n) is 9.06. The zero-order chi connectivity index (χ0) is 19.1. The number of benzene rings is 1. The Bertz CT molecular complexity index is 774. The Morgan fingerprint density at radius 2 is 1.74 bits per heavy atom. The number of anilines is 1. The van der Waals surface area contributed by atoms with Crippen molar-refractivity contribution in [3.63, 3.8) is 0 Å². The van der Waals surface area contributed by atoms with Crippen molar-refractivity contribution < 1.29 is 14.3 Å². The lowest BCUT2D eigenvalue weighted by molar-refractivity contribution is -0.130. The Morgan fingerprint density at radius 1 is 1.04 bits per heavy atom. The summed E-state index contributed by atoms with van der Waals surface area (Å²) in [5, 5.41) is 2.92. The van der Waals surface area contributed by atoms with Crippen LogP contribution in [0.4, 0.5) is 10.5 Å². The summed E-state index contributed by atoms with van der Waals surface area (Å²) < 4.78 is 5.85. The second-order valence-corrected chi connectivity index (χ2v) is 6.34. The van der Waals surface area contributed by atoms with Crippen LogP contribution in [0.2, 0.25) is 0 Å². The van der Waals surface area contributed by atoms with Gasteiger partial charge in [-0.2, -0.15) is 0 Å². The van der Waals surface area contributed by atoms with Crippen molar-refractivity contribution >= 4 is 17.6 Å². The lowest BCUT2D eigenvalue weighted by atomic mass is 10.2. The number of para-hydroxylation sites is 2. The maximum Gasteiger partial charge on any atom is 0.322 e. The van der Waals surface area contributed by atoms with Crippen LogP contribution in [0.25, 0.3) is 0 Å². The maximum absolute atomic E-state index is 12.5. The minimum atomic E-state index is -0.182. The summed E-state index contributed by atoms with van der Waals surface area (Å²) >= 11 is 0. The molecule has 0 atom stereocenters. The first-order chi connectivity index (χ1) is 13.1. The number of piperazine rings is 1. The van der Waals surface area contributed by atoms with Crippen molar-refractivity contribution in [1.82, 2.24) is 14.8 Å². The Hall–Kier alpha value is -3.09. The molecule has 7 heteroatoms. The number of carbonyl (C=O) groups excluding carboxylic acids is 2. The van der Waals surface area contributed by atoms with Gasteiger partial charge >= 0.3 is 6.03 Å². The average Bonchev–Trinajstić information content (AvgIpc) is 2.70. The van der Waals surface area contributed by atoms with Crippen LogP contribution in [0.15, 0.2) is 48.7 Å². The Morgan fingerprint density at radius 3 is 2.44 bits per heavy atom. The molecule has 2 heterocycles. The normalized spacial score (nSPS) is 14.0. The van der Waals surface area contributed by atoms with Crippen molar-refractivity contribution in [3.05, 3.63) is 54.4 Å². The monoisotopic (exact) mass is 368 g/mol. The topological polar surface area (TPSA) is 74.8 Å². The molecule has 0 radical (unpaired) electrons. The lowest BCUT2D eigenvalue weighted by Gasteiger charge is -2.34. The summed E-state index contributed by atoms with van der Waals surface area (Å²) in [6, 6.07) is 13.0. The highest BCUT2D eigenvalue weighted by Crippen LogP contribution is 2.24. The van der Waals surface area contributed by atoms with E-state index in [1.807, 2.05) is 42.5 Å².